The number of nitrogens with zero attached hydrogens (tertiary/aromatic N) is 1. The number of carbonyl (C=O) groups is 3. The number of rotatable bonds is 6. The highest BCUT2D eigenvalue weighted by atomic mass is 16.6. The first-order valence-corrected chi connectivity index (χ1v) is 13.0. The van der Waals surface area contributed by atoms with Crippen LogP contribution in [0.5, 0.6) is 11.5 Å². The van der Waals surface area contributed by atoms with Crippen LogP contribution in [-0.4, -0.2) is 50.2 Å². The molecule has 1 aromatic rings. The molecule has 0 radical (unpaired) electrons. The fourth-order valence-electron chi connectivity index (χ4n) is 7.71. The van der Waals surface area contributed by atoms with Gasteiger partial charge in [0.25, 0.3) is 5.91 Å². The summed E-state index contributed by atoms with van der Waals surface area (Å²) in [5.41, 5.74) is 0.868. The van der Waals surface area contributed by atoms with Gasteiger partial charge < -0.3 is 24.4 Å². The van der Waals surface area contributed by atoms with E-state index in [1.54, 1.807) is 23.1 Å². The maximum absolute atomic E-state index is 12.7. The molecule has 4 saturated carbocycles. The van der Waals surface area contributed by atoms with E-state index in [0.717, 1.165) is 17.8 Å². The zero-order valence-corrected chi connectivity index (χ0v) is 20.3. The monoisotopic (exact) mass is 482 g/mol. The Kier molecular flexibility index (Phi) is 5.65. The number of anilines is 1. The van der Waals surface area contributed by atoms with Crippen molar-refractivity contribution in [3.63, 3.8) is 0 Å². The van der Waals surface area contributed by atoms with Gasteiger partial charge in [0.15, 0.2) is 18.1 Å². The normalized spacial score (nSPS) is 33.5. The predicted molar refractivity (Wildman–Crippen MR) is 127 cm³/mol. The van der Waals surface area contributed by atoms with Crippen molar-refractivity contribution in [2.24, 2.45) is 29.1 Å². The Labute approximate surface area is 205 Å². The third-order valence-corrected chi connectivity index (χ3v) is 9.02. The zero-order chi connectivity index (χ0) is 24.2. The minimum Gasteiger partial charge on any atom is -0.486 e. The molecule has 2 amide bonds. The van der Waals surface area contributed by atoms with Gasteiger partial charge in [-0.15, -0.1) is 0 Å². The number of esters is 1. The fourth-order valence-corrected chi connectivity index (χ4v) is 7.71. The van der Waals surface area contributed by atoms with Crippen molar-refractivity contribution in [1.29, 1.82) is 0 Å². The van der Waals surface area contributed by atoms with Crippen LogP contribution in [0.4, 0.5) is 5.69 Å². The summed E-state index contributed by atoms with van der Waals surface area (Å²) in [4.78, 5) is 39.5. The van der Waals surface area contributed by atoms with E-state index in [0.29, 0.717) is 30.4 Å². The summed E-state index contributed by atoms with van der Waals surface area (Å²) < 4.78 is 16.5. The average molecular weight is 483 g/mol. The Hall–Kier alpha value is -2.77. The molecule has 35 heavy (non-hydrogen) atoms. The van der Waals surface area contributed by atoms with Crippen LogP contribution in [0.15, 0.2) is 18.2 Å². The van der Waals surface area contributed by atoms with Crippen molar-refractivity contribution in [2.45, 2.75) is 57.9 Å². The van der Waals surface area contributed by atoms with Gasteiger partial charge in [0.2, 0.25) is 5.91 Å². The molecule has 0 spiro atoms. The van der Waals surface area contributed by atoms with Crippen LogP contribution >= 0.6 is 0 Å². The molecule has 7 rings (SSSR count). The highest BCUT2D eigenvalue weighted by Gasteiger charge is 2.53. The Morgan fingerprint density at radius 2 is 1.74 bits per heavy atom. The minimum absolute atomic E-state index is 0.0680. The molecule has 1 aromatic carbocycles. The summed E-state index contributed by atoms with van der Waals surface area (Å²) in [6, 6.07) is 5.41. The van der Waals surface area contributed by atoms with Gasteiger partial charge in [0.05, 0.1) is 5.92 Å². The largest absolute Gasteiger partial charge is 0.486 e. The third-order valence-electron chi connectivity index (χ3n) is 9.02. The number of benzene rings is 1. The topological polar surface area (TPSA) is 94.2 Å². The lowest BCUT2D eigenvalue weighted by Crippen LogP contribution is -2.56. The number of amides is 2. The van der Waals surface area contributed by atoms with Crippen molar-refractivity contribution in [3.8, 4) is 11.5 Å². The average Bonchev–Trinajstić information content (AvgIpc) is 3.23. The van der Waals surface area contributed by atoms with E-state index >= 15 is 0 Å². The van der Waals surface area contributed by atoms with Gasteiger partial charge in [-0.2, -0.15) is 0 Å². The molecule has 8 heteroatoms. The summed E-state index contributed by atoms with van der Waals surface area (Å²) in [6.45, 7) is 3.00. The van der Waals surface area contributed by atoms with E-state index in [2.05, 4.69) is 12.2 Å². The van der Waals surface area contributed by atoms with Crippen molar-refractivity contribution in [2.75, 3.05) is 31.3 Å². The second kappa shape index (κ2) is 8.71. The molecule has 188 valence electrons. The molecule has 2 heterocycles. The van der Waals surface area contributed by atoms with Gasteiger partial charge in [0.1, 0.15) is 13.2 Å². The first-order chi connectivity index (χ1) is 16.9. The molecule has 2 atom stereocenters. The zero-order valence-electron chi connectivity index (χ0n) is 20.3. The quantitative estimate of drug-likeness (QED) is 0.627. The van der Waals surface area contributed by atoms with Gasteiger partial charge in [-0.05, 0) is 80.8 Å². The standard InChI is InChI=1S/C27H34N2O6/c1-16(27-11-17-6-18(12-27)8-19(7-17)13-27)28-24(30)15-35-26(32)20-9-25(31)29(14-20)21-2-3-22-23(10-21)34-5-4-33-22/h2-3,10,16-20H,4-9,11-15H2,1H3,(H,28,30). The molecule has 2 unspecified atom stereocenters. The van der Waals surface area contributed by atoms with Gasteiger partial charge >= 0.3 is 5.97 Å². The molecule has 4 bridgehead atoms. The maximum atomic E-state index is 12.7. The summed E-state index contributed by atoms with van der Waals surface area (Å²) in [7, 11) is 0. The summed E-state index contributed by atoms with van der Waals surface area (Å²) in [5, 5.41) is 3.14. The predicted octanol–water partition coefficient (Wildman–Crippen LogP) is 3.08. The minimum atomic E-state index is -0.593. The number of carbonyl (C=O) groups excluding carboxylic acids is 3. The van der Waals surface area contributed by atoms with Crippen molar-refractivity contribution in [3.05, 3.63) is 18.2 Å². The molecule has 8 nitrogen and oxygen atoms in total. The van der Waals surface area contributed by atoms with Gasteiger partial charge in [-0.1, -0.05) is 0 Å². The van der Waals surface area contributed by atoms with Crippen LogP contribution in [0, 0.1) is 29.1 Å². The molecular weight excluding hydrogens is 448 g/mol. The van der Waals surface area contributed by atoms with Gasteiger partial charge in [0, 0.05) is 30.8 Å². The molecule has 5 fully saturated rings. The Morgan fingerprint density at radius 3 is 2.43 bits per heavy atom. The Balaban J connectivity index is 1.01. The number of ether oxygens (including phenoxy) is 3. The van der Waals surface area contributed by atoms with E-state index < -0.39 is 11.9 Å². The van der Waals surface area contributed by atoms with E-state index in [-0.39, 0.29) is 42.8 Å². The van der Waals surface area contributed by atoms with Crippen LogP contribution in [0.2, 0.25) is 0 Å². The van der Waals surface area contributed by atoms with Gasteiger partial charge in [-0.25, -0.2) is 0 Å². The number of fused-ring (bicyclic) bond motifs is 1. The van der Waals surface area contributed by atoms with Gasteiger partial charge in [-0.3, -0.25) is 14.4 Å². The van der Waals surface area contributed by atoms with E-state index in [9.17, 15) is 14.4 Å². The Morgan fingerprint density at radius 1 is 1.09 bits per heavy atom. The SMILES string of the molecule is CC(NC(=O)COC(=O)C1CC(=O)N(c2ccc3c(c2)OCCO3)C1)C12CC3CC(CC(C3)C1)C2. The van der Waals surface area contributed by atoms with E-state index in [1.807, 2.05) is 0 Å². The second-order valence-corrected chi connectivity index (χ2v) is 11.4. The molecule has 2 aliphatic heterocycles. The van der Waals surface area contributed by atoms with E-state index in [4.69, 9.17) is 14.2 Å². The highest BCUT2D eigenvalue weighted by Crippen LogP contribution is 2.61. The molecule has 6 aliphatic rings. The lowest BCUT2D eigenvalue weighted by molar-refractivity contribution is -0.153. The summed E-state index contributed by atoms with van der Waals surface area (Å²) in [5.74, 6) is 2.19. The van der Waals surface area contributed by atoms with Crippen LogP contribution in [0.1, 0.15) is 51.9 Å². The second-order valence-electron chi connectivity index (χ2n) is 11.4. The molecule has 1 N–H and O–H groups in total. The van der Waals surface area contributed by atoms with Crippen LogP contribution in [0.25, 0.3) is 0 Å². The Bertz CT molecular complexity index is 1000. The molecule has 1 saturated heterocycles. The first kappa shape index (κ1) is 22.7. The number of hydrogen-bond acceptors (Lipinski definition) is 6. The highest BCUT2D eigenvalue weighted by molar-refractivity contribution is 6.00. The van der Waals surface area contributed by atoms with E-state index in [1.165, 1.54) is 38.5 Å². The summed E-state index contributed by atoms with van der Waals surface area (Å²) >= 11 is 0. The van der Waals surface area contributed by atoms with Crippen molar-refractivity contribution >= 4 is 23.5 Å². The van der Waals surface area contributed by atoms with Crippen molar-refractivity contribution < 1.29 is 28.6 Å². The lowest BCUT2D eigenvalue weighted by atomic mass is 9.48. The number of nitrogens with one attached hydrogen (secondary N) is 1. The van der Waals surface area contributed by atoms with Crippen LogP contribution in [0.3, 0.4) is 0 Å². The molecular formula is C27H34N2O6. The number of hydrogen-bond donors (Lipinski definition) is 1. The van der Waals surface area contributed by atoms with Crippen LogP contribution in [-0.2, 0) is 19.1 Å². The summed E-state index contributed by atoms with van der Waals surface area (Å²) in [6.07, 6.45) is 7.78. The molecule has 4 aliphatic carbocycles. The smallest absolute Gasteiger partial charge is 0.311 e. The molecule has 0 aromatic heterocycles. The van der Waals surface area contributed by atoms with Crippen molar-refractivity contribution in [1.82, 2.24) is 5.32 Å². The third kappa shape index (κ3) is 4.25. The fraction of sp³-hybridized carbons (Fsp3) is 0.667. The lowest BCUT2D eigenvalue weighted by Gasteiger charge is -2.59. The first-order valence-electron chi connectivity index (χ1n) is 13.0. The maximum Gasteiger partial charge on any atom is 0.311 e. The van der Waals surface area contributed by atoms with Crippen LogP contribution < -0.4 is 19.7 Å².